The van der Waals surface area contributed by atoms with Gasteiger partial charge in [0.15, 0.2) is 0 Å². The van der Waals surface area contributed by atoms with Gasteiger partial charge in [-0.25, -0.2) is 9.18 Å². The maximum Gasteiger partial charge on any atom is 0.335 e. The van der Waals surface area contributed by atoms with E-state index < -0.39 is 11.8 Å². The molecule has 0 aliphatic carbocycles. The summed E-state index contributed by atoms with van der Waals surface area (Å²) in [5.41, 5.74) is 1.18. The van der Waals surface area contributed by atoms with Crippen LogP contribution in [0.1, 0.15) is 21.5 Å². The van der Waals surface area contributed by atoms with E-state index in [0.29, 0.717) is 11.3 Å². The van der Waals surface area contributed by atoms with Gasteiger partial charge in [-0.05, 0) is 36.8 Å². The topological polar surface area (TPSA) is 46.5 Å². The highest BCUT2D eigenvalue weighted by Gasteiger charge is 2.09. The van der Waals surface area contributed by atoms with E-state index in [1.165, 1.54) is 12.1 Å². The Bertz CT molecular complexity index is 656. The molecule has 5 heteroatoms. The van der Waals surface area contributed by atoms with Gasteiger partial charge in [0.25, 0.3) is 0 Å². The highest BCUT2D eigenvalue weighted by atomic mass is 79.9. The van der Waals surface area contributed by atoms with Crippen LogP contribution in [0.2, 0.25) is 0 Å². The van der Waals surface area contributed by atoms with Crippen molar-refractivity contribution in [3.8, 4) is 5.75 Å². The smallest absolute Gasteiger partial charge is 0.335 e. The van der Waals surface area contributed by atoms with Crippen LogP contribution < -0.4 is 4.74 Å². The van der Waals surface area contributed by atoms with Gasteiger partial charge in [0.05, 0.1) is 5.56 Å². The number of benzene rings is 2. The maximum atomic E-state index is 13.7. The minimum absolute atomic E-state index is 0.0447. The molecule has 0 bridgehead atoms. The lowest BCUT2D eigenvalue weighted by Gasteiger charge is -2.10. The monoisotopic (exact) mass is 338 g/mol. The Hall–Kier alpha value is -1.88. The molecular formula is C15H12BrFO3. The van der Waals surface area contributed by atoms with Crippen molar-refractivity contribution in [3.05, 3.63) is 63.4 Å². The van der Waals surface area contributed by atoms with E-state index in [0.717, 1.165) is 16.1 Å². The molecule has 0 aromatic heterocycles. The van der Waals surface area contributed by atoms with Crippen LogP contribution in [0.15, 0.2) is 40.9 Å². The molecule has 0 aliphatic heterocycles. The van der Waals surface area contributed by atoms with Gasteiger partial charge in [-0.1, -0.05) is 28.1 Å². The predicted molar refractivity (Wildman–Crippen MR) is 76.6 cm³/mol. The molecule has 104 valence electrons. The first-order valence-corrected chi connectivity index (χ1v) is 6.67. The Balaban J connectivity index is 2.15. The van der Waals surface area contributed by atoms with E-state index in [1.807, 2.05) is 19.1 Å². The summed E-state index contributed by atoms with van der Waals surface area (Å²) in [5, 5.41) is 8.77. The van der Waals surface area contributed by atoms with E-state index in [-0.39, 0.29) is 12.2 Å². The first-order valence-electron chi connectivity index (χ1n) is 5.88. The molecule has 0 amide bonds. The fourth-order valence-electron chi connectivity index (χ4n) is 1.68. The maximum absolute atomic E-state index is 13.7. The number of aryl methyl sites for hydroxylation is 1. The van der Waals surface area contributed by atoms with Crippen LogP contribution in [0.4, 0.5) is 4.39 Å². The van der Waals surface area contributed by atoms with Crippen molar-refractivity contribution in [2.45, 2.75) is 13.5 Å². The number of ether oxygens (including phenoxy) is 1. The second-order valence-electron chi connectivity index (χ2n) is 4.31. The normalized spacial score (nSPS) is 10.3. The Labute approximate surface area is 124 Å². The molecular weight excluding hydrogens is 327 g/mol. The quantitative estimate of drug-likeness (QED) is 0.909. The Morgan fingerprint density at radius 1 is 1.30 bits per heavy atom. The molecule has 0 spiro atoms. The van der Waals surface area contributed by atoms with Crippen LogP contribution in [-0.4, -0.2) is 11.1 Å². The largest absolute Gasteiger partial charge is 0.488 e. The van der Waals surface area contributed by atoms with Crippen LogP contribution in [0, 0.1) is 12.7 Å². The fourth-order valence-corrected chi connectivity index (χ4v) is 2.02. The van der Waals surface area contributed by atoms with Gasteiger partial charge < -0.3 is 9.84 Å². The van der Waals surface area contributed by atoms with Crippen LogP contribution in [0.5, 0.6) is 5.75 Å². The van der Waals surface area contributed by atoms with Crippen molar-refractivity contribution >= 4 is 21.9 Å². The molecule has 0 fully saturated rings. The molecule has 0 heterocycles. The van der Waals surface area contributed by atoms with Gasteiger partial charge in [-0.15, -0.1) is 0 Å². The van der Waals surface area contributed by atoms with Crippen molar-refractivity contribution in [3.63, 3.8) is 0 Å². The molecule has 3 nitrogen and oxygen atoms in total. The number of hydrogen-bond acceptors (Lipinski definition) is 2. The standard InChI is InChI=1S/C15H12BrFO3/c1-9-2-5-12(16)7-14(9)20-8-11-4-3-10(15(18)19)6-13(11)17/h2-7H,8H2,1H3,(H,18,19). The average molecular weight is 339 g/mol. The molecule has 0 unspecified atom stereocenters. The zero-order valence-corrected chi connectivity index (χ0v) is 12.3. The average Bonchev–Trinajstić information content (AvgIpc) is 2.40. The minimum atomic E-state index is -1.15. The number of hydrogen-bond donors (Lipinski definition) is 1. The van der Waals surface area contributed by atoms with Crippen molar-refractivity contribution in [2.24, 2.45) is 0 Å². The van der Waals surface area contributed by atoms with E-state index in [2.05, 4.69) is 15.9 Å². The van der Waals surface area contributed by atoms with Gasteiger partial charge in [-0.2, -0.15) is 0 Å². The van der Waals surface area contributed by atoms with Gasteiger partial charge in [-0.3, -0.25) is 0 Å². The second kappa shape index (κ2) is 6.05. The second-order valence-corrected chi connectivity index (χ2v) is 5.23. The lowest BCUT2D eigenvalue weighted by molar-refractivity contribution is 0.0696. The molecule has 2 rings (SSSR count). The van der Waals surface area contributed by atoms with Crippen molar-refractivity contribution in [2.75, 3.05) is 0 Å². The summed E-state index contributed by atoms with van der Waals surface area (Å²) in [4.78, 5) is 10.7. The predicted octanol–water partition coefficient (Wildman–Crippen LogP) is 4.17. The van der Waals surface area contributed by atoms with E-state index >= 15 is 0 Å². The first-order chi connectivity index (χ1) is 9.47. The van der Waals surface area contributed by atoms with Crippen LogP contribution in [0.3, 0.4) is 0 Å². The van der Waals surface area contributed by atoms with Gasteiger partial charge in [0.2, 0.25) is 0 Å². The summed E-state index contributed by atoms with van der Waals surface area (Å²) in [5.74, 6) is -1.09. The number of aromatic carboxylic acids is 1. The van der Waals surface area contributed by atoms with Gasteiger partial charge in [0, 0.05) is 10.0 Å². The minimum Gasteiger partial charge on any atom is -0.488 e. The van der Waals surface area contributed by atoms with Crippen molar-refractivity contribution < 1.29 is 19.0 Å². The zero-order valence-electron chi connectivity index (χ0n) is 10.7. The van der Waals surface area contributed by atoms with Crippen LogP contribution >= 0.6 is 15.9 Å². The third kappa shape index (κ3) is 3.36. The Morgan fingerprint density at radius 2 is 2.05 bits per heavy atom. The molecule has 0 saturated carbocycles. The number of carboxylic acid groups (broad SMARTS) is 1. The zero-order chi connectivity index (χ0) is 14.7. The van der Waals surface area contributed by atoms with Gasteiger partial charge >= 0.3 is 5.97 Å². The van der Waals surface area contributed by atoms with Crippen LogP contribution in [-0.2, 0) is 6.61 Å². The summed E-state index contributed by atoms with van der Waals surface area (Å²) in [6.07, 6.45) is 0. The van der Waals surface area contributed by atoms with E-state index in [1.54, 1.807) is 6.07 Å². The lowest BCUT2D eigenvalue weighted by atomic mass is 10.1. The number of halogens is 2. The highest BCUT2D eigenvalue weighted by molar-refractivity contribution is 9.10. The number of carboxylic acids is 1. The summed E-state index contributed by atoms with van der Waals surface area (Å²) in [6.45, 7) is 1.94. The third-order valence-corrected chi connectivity index (χ3v) is 3.33. The summed E-state index contributed by atoms with van der Waals surface area (Å²) in [6, 6.07) is 9.37. The highest BCUT2D eigenvalue weighted by Crippen LogP contribution is 2.24. The van der Waals surface area contributed by atoms with E-state index in [9.17, 15) is 9.18 Å². The molecule has 2 aromatic rings. The summed E-state index contributed by atoms with van der Waals surface area (Å²) in [7, 11) is 0. The summed E-state index contributed by atoms with van der Waals surface area (Å²) < 4.78 is 20.2. The lowest BCUT2D eigenvalue weighted by Crippen LogP contribution is -2.03. The van der Waals surface area contributed by atoms with E-state index in [4.69, 9.17) is 9.84 Å². The fraction of sp³-hybridized carbons (Fsp3) is 0.133. The number of rotatable bonds is 4. The van der Waals surface area contributed by atoms with Crippen molar-refractivity contribution in [1.82, 2.24) is 0 Å². The van der Waals surface area contributed by atoms with Crippen LogP contribution in [0.25, 0.3) is 0 Å². The SMILES string of the molecule is Cc1ccc(Br)cc1OCc1ccc(C(=O)O)cc1F. The Kier molecular flexibility index (Phi) is 4.39. The Morgan fingerprint density at radius 3 is 2.70 bits per heavy atom. The van der Waals surface area contributed by atoms with Crippen molar-refractivity contribution in [1.29, 1.82) is 0 Å². The number of carbonyl (C=O) groups is 1. The molecule has 0 aliphatic rings. The molecule has 0 saturated heterocycles. The molecule has 2 aromatic carbocycles. The first kappa shape index (κ1) is 14.5. The third-order valence-electron chi connectivity index (χ3n) is 2.83. The molecule has 1 N–H and O–H groups in total. The van der Waals surface area contributed by atoms with Gasteiger partial charge in [0.1, 0.15) is 18.2 Å². The summed E-state index contributed by atoms with van der Waals surface area (Å²) >= 11 is 3.34. The molecule has 20 heavy (non-hydrogen) atoms. The molecule has 0 radical (unpaired) electrons. The molecule has 0 atom stereocenters.